The largest absolute Gasteiger partial charge is 0.336 e. The van der Waals surface area contributed by atoms with Crippen LogP contribution in [0.4, 0.5) is 0 Å². The van der Waals surface area contributed by atoms with Crippen molar-refractivity contribution in [1.29, 1.82) is 0 Å². The standard InChI is InChI=1S/C13H18N6O/c1-3-17-4-6-18(7-5-17)12(20)11-8-19-13(14-9-15-19)16-10(11)2/h8-9H,3-7H2,1-2H3. The van der Waals surface area contributed by atoms with Crippen LogP contribution in [-0.4, -0.2) is 68.0 Å². The normalized spacial score (nSPS) is 16.8. The van der Waals surface area contributed by atoms with E-state index in [0.717, 1.165) is 32.7 Å². The van der Waals surface area contributed by atoms with Gasteiger partial charge in [0.25, 0.3) is 11.7 Å². The van der Waals surface area contributed by atoms with Crippen molar-refractivity contribution in [3.05, 3.63) is 23.8 Å². The Morgan fingerprint density at radius 3 is 2.75 bits per heavy atom. The topological polar surface area (TPSA) is 66.6 Å². The lowest BCUT2D eigenvalue weighted by molar-refractivity contribution is 0.0641. The third-order valence-electron chi connectivity index (χ3n) is 3.80. The Balaban J connectivity index is 1.83. The molecule has 1 saturated heterocycles. The van der Waals surface area contributed by atoms with E-state index in [1.54, 1.807) is 10.7 Å². The van der Waals surface area contributed by atoms with Gasteiger partial charge >= 0.3 is 0 Å². The van der Waals surface area contributed by atoms with Crippen LogP contribution in [0.2, 0.25) is 0 Å². The van der Waals surface area contributed by atoms with E-state index in [0.29, 0.717) is 17.0 Å². The highest BCUT2D eigenvalue weighted by molar-refractivity contribution is 5.95. The van der Waals surface area contributed by atoms with Gasteiger partial charge in [-0.3, -0.25) is 4.79 Å². The van der Waals surface area contributed by atoms with Gasteiger partial charge in [-0.2, -0.15) is 10.1 Å². The van der Waals surface area contributed by atoms with Gasteiger partial charge in [-0.15, -0.1) is 0 Å². The van der Waals surface area contributed by atoms with Crippen LogP contribution < -0.4 is 0 Å². The SMILES string of the molecule is CCN1CCN(C(=O)c2cn3ncnc3nc2C)CC1. The molecule has 1 aliphatic rings. The first kappa shape index (κ1) is 13.0. The summed E-state index contributed by atoms with van der Waals surface area (Å²) < 4.78 is 1.54. The van der Waals surface area contributed by atoms with Gasteiger partial charge in [0.05, 0.1) is 11.3 Å². The van der Waals surface area contributed by atoms with E-state index in [4.69, 9.17) is 0 Å². The average molecular weight is 274 g/mol. The summed E-state index contributed by atoms with van der Waals surface area (Å²) in [6.07, 6.45) is 3.16. The van der Waals surface area contributed by atoms with Gasteiger partial charge in [-0.1, -0.05) is 6.92 Å². The quantitative estimate of drug-likeness (QED) is 0.783. The number of carbonyl (C=O) groups excluding carboxylic acids is 1. The van der Waals surface area contributed by atoms with Crippen LogP contribution in [0.5, 0.6) is 0 Å². The van der Waals surface area contributed by atoms with E-state index >= 15 is 0 Å². The van der Waals surface area contributed by atoms with Crippen LogP contribution in [0.3, 0.4) is 0 Å². The molecule has 1 amide bonds. The molecule has 0 bridgehead atoms. The van der Waals surface area contributed by atoms with E-state index in [1.807, 2.05) is 11.8 Å². The number of aromatic nitrogens is 4. The Labute approximate surface area is 117 Å². The maximum absolute atomic E-state index is 12.6. The van der Waals surface area contributed by atoms with Gasteiger partial charge in [-0.25, -0.2) is 9.50 Å². The summed E-state index contributed by atoms with van der Waals surface area (Å²) >= 11 is 0. The summed E-state index contributed by atoms with van der Waals surface area (Å²) in [5, 5.41) is 4.04. The number of likely N-dealkylation sites (N-methyl/N-ethyl adjacent to an activating group) is 1. The van der Waals surface area contributed by atoms with E-state index < -0.39 is 0 Å². The number of piperazine rings is 1. The fourth-order valence-electron chi connectivity index (χ4n) is 2.49. The van der Waals surface area contributed by atoms with Crippen LogP contribution >= 0.6 is 0 Å². The molecule has 7 nitrogen and oxygen atoms in total. The van der Waals surface area contributed by atoms with Crippen LogP contribution in [0.15, 0.2) is 12.5 Å². The van der Waals surface area contributed by atoms with Gasteiger partial charge in [-0.05, 0) is 13.5 Å². The average Bonchev–Trinajstić information content (AvgIpc) is 2.93. The predicted octanol–water partition coefficient (Wildman–Crippen LogP) is 0.210. The molecule has 1 fully saturated rings. The lowest BCUT2D eigenvalue weighted by atomic mass is 10.2. The Bertz CT molecular complexity index is 629. The molecule has 0 unspecified atom stereocenters. The fourth-order valence-corrected chi connectivity index (χ4v) is 2.49. The second-order valence-electron chi connectivity index (χ2n) is 4.97. The lowest BCUT2D eigenvalue weighted by Gasteiger charge is -2.34. The highest BCUT2D eigenvalue weighted by atomic mass is 16.2. The summed E-state index contributed by atoms with van der Waals surface area (Å²) in [6.45, 7) is 8.41. The molecular formula is C13H18N6O. The van der Waals surface area contributed by atoms with Crippen molar-refractivity contribution in [1.82, 2.24) is 29.4 Å². The van der Waals surface area contributed by atoms with E-state index in [9.17, 15) is 4.79 Å². The second-order valence-corrected chi connectivity index (χ2v) is 4.97. The van der Waals surface area contributed by atoms with E-state index in [1.165, 1.54) is 6.33 Å². The van der Waals surface area contributed by atoms with Gasteiger partial charge in [0, 0.05) is 32.4 Å². The second kappa shape index (κ2) is 5.16. The first-order valence-corrected chi connectivity index (χ1v) is 6.87. The first-order chi connectivity index (χ1) is 9.69. The Morgan fingerprint density at radius 2 is 2.05 bits per heavy atom. The molecule has 0 spiro atoms. The number of rotatable bonds is 2. The third-order valence-corrected chi connectivity index (χ3v) is 3.80. The number of hydrogen-bond donors (Lipinski definition) is 0. The van der Waals surface area contributed by atoms with Gasteiger partial charge in [0.2, 0.25) is 0 Å². The van der Waals surface area contributed by atoms with Gasteiger partial charge in [0.1, 0.15) is 6.33 Å². The molecule has 106 valence electrons. The highest BCUT2D eigenvalue weighted by Crippen LogP contribution is 2.12. The summed E-state index contributed by atoms with van der Waals surface area (Å²) in [7, 11) is 0. The molecule has 3 rings (SSSR count). The molecule has 20 heavy (non-hydrogen) atoms. The van der Waals surface area contributed by atoms with Crippen molar-refractivity contribution in [2.45, 2.75) is 13.8 Å². The minimum Gasteiger partial charge on any atom is -0.336 e. The molecule has 0 N–H and O–H groups in total. The van der Waals surface area contributed by atoms with E-state index in [2.05, 4.69) is 26.9 Å². The number of fused-ring (bicyclic) bond motifs is 1. The number of nitrogens with zero attached hydrogens (tertiary/aromatic N) is 6. The van der Waals surface area contributed by atoms with Gasteiger partial charge in [0.15, 0.2) is 0 Å². The van der Waals surface area contributed by atoms with Gasteiger partial charge < -0.3 is 9.80 Å². The molecule has 2 aromatic heterocycles. The van der Waals surface area contributed by atoms with Crippen molar-refractivity contribution in [2.24, 2.45) is 0 Å². The molecule has 0 aliphatic carbocycles. The van der Waals surface area contributed by atoms with Crippen molar-refractivity contribution in [2.75, 3.05) is 32.7 Å². The maximum atomic E-state index is 12.6. The molecule has 0 radical (unpaired) electrons. The number of carbonyl (C=O) groups is 1. The summed E-state index contributed by atoms with van der Waals surface area (Å²) in [6, 6.07) is 0. The highest BCUT2D eigenvalue weighted by Gasteiger charge is 2.23. The van der Waals surface area contributed by atoms with Crippen molar-refractivity contribution in [3.8, 4) is 0 Å². The Kier molecular flexibility index (Phi) is 3.35. The van der Waals surface area contributed by atoms with Crippen LogP contribution in [0, 0.1) is 6.92 Å². The lowest BCUT2D eigenvalue weighted by Crippen LogP contribution is -2.48. The number of aryl methyl sites for hydroxylation is 1. The van der Waals surface area contributed by atoms with Crippen LogP contribution in [-0.2, 0) is 0 Å². The molecule has 2 aromatic rings. The molecule has 0 atom stereocenters. The number of amides is 1. The summed E-state index contributed by atoms with van der Waals surface area (Å²) in [4.78, 5) is 25.2. The minimum atomic E-state index is 0.0307. The Hall–Kier alpha value is -2.02. The zero-order valence-electron chi connectivity index (χ0n) is 11.8. The smallest absolute Gasteiger partial charge is 0.257 e. The monoisotopic (exact) mass is 274 g/mol. The molecular weight excluding hydrogens is 256 g/mol. The van der Waals surface area contributed by atoms with E-state index in [-0.39, 0.29) is 5.91 Å². The van der Waals surface area contributed by atoms with Crippen LogP contribution in [0.1, 0.15) is 23.0 Å². The molecule has 3 heterocycles. The van der Waals surface area contributed by atoms with Crippen molar-refractivity contribution < 1.29 is 4.79 Å². The summed E-state index contributed by atoms with van der Waals surface area (Å²) in [5.74, 6) is 0.554. The van der Waals surface area contributed by atoms with Crippen molar-refractivity contribution in [3.63, 3.8) is 0 Å². The predicted molar refractivity (Wildman–Crippen MR) is 73.5 cm³/mol. The zero-order chi connectivity index (χ0) is 14.1. The zero-order valence-corrected chi connectivity index (χ0v) is 11.8. The number of hydrogen-bond acceptors (Lipinski definition) is 5. The molecule has 1 aliphatic heterocycles. The molecule has 0 saturated carbocycles. The summed E-state index contributed by atoms with van der Waals surface area (Å²) in [5.41, 5.74) is 1.31. The van der Waals surface area contributed by atoms with Crippen molar-refractivity contribution >= 4 is 11.7 Å². The van der Waals surface area contributed by atoms with Crippen LogP contribution in [0.25, 0.3) is 5.78 Å². The maximum Gasteiger partial charge on any atom is 0.257 e. The first-order valence-electron chi connectivity index (χ1n) is 6.87. The third kappa shape index (κ3) is 2.24. The fraction of sp³-hybridized carbons (Fsp3) is 0.538. The minimum absolute atomic E-state index is 0.0307. The Morgan fingerprint density at radius 1 is 1.30 bits per heavy atom. The molecule has 0 aromatic carbocycles. The molecule has 7 heteroatoms.